The minimum absolute atomic E-state index is 0. The molecule has 1 amide bonds. The molecule has 0 spiro atoms. The summed E-state index contributed by atoms with van der Waals surface area (Å²) in [5.74, 6) is 1.84. The maximum Gasteiger partial charge on any atom is 0.227 e. The average molecular weight is 416 g/mol. The lowest BCUT2D eigenvalue weighted by molar-refractivity contribution is -0.128. The van der Waals surface area contributed by atoms with Crippen molar-refractivity contribution in [1.29, 1.82) is 0 Å². The zero-order chi connectivity index (χ0) is 14.7. The third kappa shape index (κ3) is 9.68. The van der Waals surface area contributed by atoms with Crippen molar-refractivity contribution in [3.63, 3.8) is 0 Å². The summed E-state index contributed by atoms with van der Waals surface area (Å²) in [6.07, 6.45) is 2.07. The van der Waals surface area contributed by atoms with Gasteiger partial charge in [0.2, 0.25) is 5.91 Å². The first kappa shape index (κ1) is 22.1. The van der Waals surface area contributed by atoms with Crippen LogP contribution in [0, 0.1) is 5.41 Å². The van der Waals surface area contributed by atoms with Gasteiger partial charge >= 0.3 is 0 Å². The summed E-state index contributed by atoms with van der Waals surface area (Å²) >= 11 is 1.79. The fraction of sp³-hybridized carbons (Fsp3) is 0.846. The highest BCUT2D eigenvalue weighted by atomic mass is 127. The van der Waals surface area contributed by atoms with E-state index in [1.54, 1.807) is 11.8 Å². The van der Waals surface area contributed by atoms with Gasteiger partial charge in [0.1, 0.15) is 0 Å². The quantitative estimate of drug-likeness (QED) is 0.244. The van der Waals surface area contributed by atoms with Gasteiger partial charge in [0.05, 0.1) is 12.0 Å². The first-order chi connectivity index (χ1) is 8.97. The van der Waals surface area contributed by atoms with Crippen molar-refractivity contribution in [2.75, 3.05) is 38.2 Å². The van der Waals surface area contributed by atoms with Crippen LogP contribution in [0.15, 0.2) is 4.99 Å². The van der Waals surface area contributed by atoms with E-state index in [1.807, 2.05) is 27.7 Å². The van der Waals surface area contributed by atoms with E-state index in [9.17, 15) is 4.79 Å². The predicted octanol–water partition coefficient (Wildman–Crippen LogP) is 1.68. The van der Waals surface area contributed by atoms with Crippen LogP contribution in [-0.2, 0) is 4.79 Å². The van der Waals surface area contributed by atoms with E-state index < -0.39 is 5.41 Å². The minimum atomic E-state index is -0.488. The number of thioether (sulfide) groups is 1. The van der Waals surface area contributed by atoms with Gasteiger partial charge in [-0.05, 0) is 34.0 Å². The van der Waals surface area contributed by atoms with Crippen molar-refractivity contribution in [1.82, 2.24) is 16.0 Å². The van der Waals surface area contributed by atoms with Gasteiger partial charge in [0, 0.05) is 25.4 Å². The van der Waals surface area contributed by atoms with Crippen LogP contribution >= 0.6 is 35.7 Å². The normalized spacial score (nSPS) is 11.6. The Bertz CT molecular complexity index is 298. The number of amides is 1. The van der Waals surface area contributed by atoms with Crippen LogP contribution in [0.25, 0.3) is 0 Å². The number of carbonyl (C=O) groups is 1. The molecule has 0 bridgehead atoms. The van der Waals surface area contributed by atoms with Crippen LogP contribution in [0.4, 0.5) is 0 Å². The lowest BCUT2D eigenvalue weighted by Crippen LogP contribution is -2.42. The Labute approximate surface area is 144 Å². The van der Waals surface area contributed by atoms with Gasteiger partial charge in [-0.1, -0.05) is 0 Å². The Kier molecular flexibility index (Phi) is 13.9. The molecule has 120 valence electrons. The lowest BCUT2D eigenvalue weighted by atomic mass is 9.92. The highest BCUT2D eigenvalue weighted by Gasteiger charge is 2.26. The maximum atomic E-state index is 11.9. The van der Waals surface area contributed by atoms with E-state index >= 15 is 0 Å². The number of hydrogen-bond acceptors (Lipinski definition) is 3. The Morgan fingerprint density at radius 1 is 1.15 bits per heavy atom. The number of guanidine groups is 1. The summed E-state index contributed by atoms with van der Waals surface area (Å²) in [4.78, 5) is 16.4. The number of carbonyl (C=O) groups excluding carboxylic acids is 1. The predicted molar refractivity (Wildman–Crippen MR) is 100 cm³/mol. The summed E-state index contributed by atoms with van der Waals surface area (Å²) in [7, 11) is 0. The number of nitrogens with zero attached hydrogens (tertiary/aromatic N) is 1. The molecule has 0 saturated heterocycles. The van der Waals surface area contributed by atoms with Crippen molar-refractivity contribution in [3.05, 3.63) is 0 Å². The monoisotopic (exact) mass is 416 g/mol. The van der Waals surface area contributed by atoms with Gasteiger partial charge in [0.15, 0.2) is 5.96 Å². The third-order valence-electron chi connectivity index (χ3n) is 2.53. The topological polar surface area (TPSA) is 65.5 Å². The lowest BCUT2D eigenvalue weighted by Gasteiger charge is -2.22. The Morgan fingerprint density at radius 3 is 2.25 bits per heavy atom. The summed E-state index contributed by atoms with van der Waals surface area (Å²) in [6, 6.07) is 0. The van der Waals surface area contributed by atoms with Crippen LogP contribution < -0.4 is 16.0 Å². The van der Waals surface area contributed by atoms with E-state index in [2.05, 4.69) is 27.2 Å². The molecular weight excluding hydrogens is 387 g/mol. The van der Waals surface area contributed by atoms with Crippen molar-refractivity contribution in [3.8, 4) is 0 Å². The van der Waals surface area contributed by atoms with Gasteiger partial charge in [-0.25, -0.2) is 0 Å². The molecule has 0 unspecified atom stereocenters. The van der Waals surface area contributed by atoms with Gasteiger partial charge < -0.3 is 16.0 Å². The van der Waals surface area contributed by atoms with E-state index in [0.717, 1.165) is 24.8 Å². The molecule has 3 N–H and O–H groups in total. The van der Waals surface area contributed by atoms with Gasteiger partial charge in [-0.2, -0.15) is 11.8 Å². The molecule has 0 atom stereocenters. The number of halogens is 1. The molecule has 0 aliphatic heterocycles. The molecule has 0 aromatic carbocycles. The van der Waals surface area contributed by atoms with Crippen molar-refractivity contribution >= 4 is 47.6 Å². The molecule has 0 aliphatic carbocycles. The Balaban J connectivity index is 0. The fourth-order valence-corrected chi connectivity index (χ4v) is 1.67. The standard InChI is InChI=1S/C13H28N4OS.HI/c1-6-14-11(18)13(3,4)10-17-12(15-7-2)16-8-9-19-5;/h6-10H2,1-5H3,(H,14,18)(H2,15,16,17);1H. The third-order valence-corrected chi connectivity index (χ3v) is 3.14. The zero-order valence-corrected chi connectivity index (χ0v) is 16.4. The average Bonchev–Trinajstić information content (AvgIpc) is 2.36. The molecule has 0 heterocycles. The van der Waals surface area contributed by atoms with Crippen LogP contribution in [0.5, 0.6) is 0 Å². The molecule has 0 aromatic rings. The molecule has 0 aliphatic rings. The van der Waals surface area contributed by atoms with Gasteiger partial charge in [-0.3, -0.25) is 9.79 Å². The van der Waals surface area contributed by atoms with Crippen molar-refractivity contribution < 1.29 is 4.79 Å². The largest absolute Gasteiger partial charge is 0.357 e. The summed E-state index contributed by atoms with van der Waals surface area (Å²) in [5, 5.41) is 9.28. The smallest absolute Gasteiger partial charge is 0.227 e. The van der Waals surface area contributed by atoms with Crippen molar-refractivity contribution in [2.24, 2.45) is 10.4 Å². The molecule has 20 heavy (non-hydrogen) atoms. The van der Waals surface area contributed by atoms with Crippen molar-refractivity contribution in [2.45, 2.75) is 27.7 Å². The second-order valence-electron chi connectivity index (χ2n) is 4.86. The maximum absolute atomic E-state index is 11.9. The summed E-state index contributed by atoms with van der Waals surface area (Å²) < 4.78 is 0. The first-order valence-electron chi connectivity index (χ1n) is 6.77. The number of nitrogens with one attached hydrogen (secondary N) is 3. The minimum Gasteiger partial charge on any atom is -0.357 e. The second-order valence-corrected chi connectivity index (χ2v) is 5.84. The fourth-order valence-electron chi connectivity index (χ4n) is 1.36. The Morgan fingerprint density at radius 2 is 1.75 bits per heavy atom. The SMILES string of the molecule is CCNC(=O)C(C)(C)CN=C(NCC)NCCSC.I. The highest BCUT2D eigenvalue weighted by molar-refractivity contribution is 14.0. The molecule has 0 rings (SSSR count). The number of rotatable bonds is 8. The number of aliphatic imine (C=N–C) groups is 1. The van der Waals surface area contributed by atoms with Crippen LogP contribution in [-0.4, -0.2) is 50.1 Å². The molecule has 0 fully saturated rings. The van der Waals surface area contributed by atoms with Gasteiger partial charge in [-0.15, -0.1) is 24.0 Å². The molecular formula is C13H29IN4OS. The zero-order valence-electron chi connectivity index (χ0n) is 13.2. The second kappa shape index (κ2) is 12.6. The summed E-state index contributed by atoms with van der Waals surface area (Å²) in [6.45, 7) is 10.6. The molecule has 0 saturated carbocycles. The highest BCUT2D eigenvalue weighted by Crippen LogP contribution is 2.15. The number of hydrogen-bond donors (Lipinski definition) is 3. The molecule has 0 radical (unpaired) electrons. The summed E-state index contributed by atoms with van der Waals surface area (Å²) in [5.41, 5.74) is -0.488. The van der Waals surface area contributed by atoms with E-state index in [4.69, 9.17) is 0 Å². The molecule has 7 heteroatoms. The van der Waals surface area contributed by atoms with Crippen LogP contribution in [0.2, 0.25) is 0 Å². The van der Waals surface area contributed by atoms with Crippen LogP contribution in [0.1, 0.15) is 27.7 Å². The van der Waals surface area contributed by atoms with Crippen LogP contribution in [0.3, 0.4) is 0 Å². The van der Waals surface area contributed by atoms with E-state index in [0.29, 0.717) is 13.1 Å². The molecule has 0 aromatic heterocycles. The van der Waals surface area contributed by atoms with E-state index in [-0.39, 0.29) is 29.9 Å². The Hall–Kier alpha value is -0.180. The first-order valence-corrected chi connectivity index (χ1v) is 8.16. The van der Waals surface area contributed by atoms with Gasteiger partial charge in [0.25, 0.3) is 0 Å². The van der Waals surface area contributed by atoms with E-state index in [1.165, 1.54) is 0 Å². The molecule has 5 nitrogen and oxygen atoms in total.